The highest BCUT2D eigenvalue weighted by Gasteiger charge is 2.13. The van der Waals surface area contributed by atoms with Crippen LogP contribution >= 0.6 is 0 Å². The molecule has 0 bridgehead atoms. The Balaban J connectivity index is 1.30. The molecule has 6 nitrogen and oxygen atoms in total. The molecule has 32 heavy (non-hydrogen) atoms. The van der Waals surface area contributed by atoms with Crippen LogP contribution < -0.4 is 5.32 Å². The predicted octanol–water partition coefficient (Wildman–Crippen LogP) is 3.93. The maximum absolute atomic E-state index is 13.3. The van der Waals surface area contributed by atoms with Crippen LogP contribution in [0.1, 0.15) is 49.9 Å². The third-order valence-electron chi connectivity index (χ3n) is 6.09. The fourth-order valence-electron chi connectivity index (χ4n) is 4.34. The number of pyridine rings is 1. The second-order valence-corrected chi connectivity index (χ2v) is 8.55. The van der Waals surface area contributed by atoms with Crippen LogP contribution in [0.5, 0.6) is 0 Å². The minimum atomic E-state index is -0.246. The molecule has 0 aliphatic carbocycles. The summed E-state index contributed by atoms with van der Waals surface area (Å²) in [6, 6.07) is 10.3. The van der Waals surface area contributed by atoms with E-state index in [1.54, 1.807) is 18.3 Å². The highest BCUT2D eigenvalue weighted by Crippen LogP contribution is 2.18. The monoisotopic (exact) mass is 437 g/mol. The Morgan fingerprint density at radius 3 is 2.62 bits per heavy atom. The number of carbonyl (C=O) groups is 1. The molecule has 1 aliphatic heterocycles. The van der Waals surface area contributed by atoms with Gasteiger partial charge in [-0.1, -0.05) is 25.0 Å². The van der Waals surface area contributed by atoms with Crippen molar-refractivity contribution in [3.8, 4) is 0 Å². The number of rotatable bonds is 9. The van der Waals surface area contributed by atoms with Crippen molar-refractivity contribution in [2.45, 2.75) is 51.5 Å². The van der Waals surface area contributed by atoms with Gasteiger partial charge in [0.2, 0.25) is 5.91 Å². The zero-order valence-corrected chi connectivity index (χ0v) is 18.6. The van der Waals surface area contributed by atoms with Crippen molar-refractivity contribution in [1.29, 1.82) is 0 Å². The van der Waals surface area contributed by atoms with Crippen molar-refractivity contribution in [2.75, 3.05) is 26.2 Å². The second-order valence-electron chi connectivity index (χ2n) is 8.55. The highest BCUT2D eigenvalue weighted by molar-refractivity contribution is 5.76. The number of hydrogen-bond donors (Lipinski definition) is 1. The number of fused-ring (bicyclic) bond motifs is 1. The molecule has 3 aromatic rings. The van der Waals surface area contributed by atoms with Gasteiger partial charge in [0.15, 0.2) is 5.65 Å². The molecule has 1 aliphatic rings. The van der Waals surface area contributed by atoms with Gasteiger partial charge in [0.05, 0.1) is 6.54 Å². The molecule has 7 heteroatoms. The molecule has 0 radical (unpaired) electrons. The molecule has 0 unspecified atom stereocenters. The summed E-state index contributed by atoms with van der Waals surface area (Å²) in [5, 5.41) is 3.07. The summed E-state index contributed by atoms with van der Waals surface area (Å²) in [6.07, 6.45) is 8.83. The van der Waals surface area contributed by atoms with Crippen molar-refractivity contribution in [1.82, 2.24) is 24.8 Å². The number of benzene rings is 1. The summed E-state index contributed by atoms with van der Waals surface area (Å²) < 4.78 is 15.3. The van der Waals surface area contributed by atoms with E-state index in [9.17, 15) is 9.18 Å². The molecule has 170 valence electrons. The fourth-order valence-corrected chi connectivity index (χ4v) is 4.34. The predicted molar refractivity (Wildman–Crippen MR) is 124 cm³/mol. The zero-order valence-electron chi connectivity index (χ0n) is 18.6. The average molecular weight is 438 g/mol. The molecule has 3 heterocycles. The lowest BCUT2D eigenvalue weighted by molar-refractivity contribution is -0.121. The normalized spacial score (nSPS) is 15.0. The average Bonchev–Trinajstić information content (AvgIpc) is 2.95. The minimum absolute atomic E-state index is 0.0964. The Labute approximate surface area is 188 Å². The van der Waals surface area contributed by atoms with E-state index in [1.165, 1.54) is 37.8 Å². The number of aromatic nitrogens is 3. The summed E-state index contributed by atoms with van der Waals surface area (Å²) in [5.41, 5.74) is 2.64. The summed E-state index contributed by atoms with van der Waals surface area (Å²) in [5.74, 6) is 0.754. The topological polar surface area (TPSA) is 63.1 Å². The standard InChI is InChI=1S/C25H32FN5O/c26-21-12-10-20(11-13-21)19-31-23(29-22-7-6-14-28-25(22)31)8-5-9-24(32)27-15-18-30-16-3-1-2-4-17-30/h6-7,10-14H,1-5,8-9,15-19H2,(H,27,32). The van der Waals surface area contributed by atoms with E-state index in [1.807, 2.05) is 12.1 Å². The molecule has 0 atom stereocenters. The van der Waals surface area contributed by atoms with Gasteiger partial charge in [0.25, 0.3) is 0 Å². The van der Waals surface area contributed by atoms with Crippen molar-refractivity contribution >= 4 is 17.1 Å². The van der Waals surface area contributed by atoms with Crippen LogP contribution in [0.15, 0.2) is 42.6 Å². The molecular formula is C25H32FN5O. The molecule has 1 N–H and O–H groups in total. The third-order valence-corrected chi connectivity index (χ3v) is 6.09. The first-order valence-electron chi connectivity index (χ1n) is 11.7. The van der Waals surface area contributed by atoms with Crippen LogP contribution in [0.3, 0.4) is 0 Å². The van der Waals surface area contributed by atoms with Gasteiger partial charge >= 0.3 is 0 Å². The number of carbonyl (C=O) groups excluding carboxylic acids is 1. The fraction of sp³-hybridized carbons (Fsp3) is 0.480. The molecule has 1 saturated heterocycles. The third kappa shape index (κ3) is 6.13. The van der Waals surface area contributed by atoms with Gasteiger partial charge in [0.1, 0.15) is 17.2 Å². The smallest absolute Gasteiger partial charge is 0.220 e. The number of imidazole rings is 1. The molecule has 4 rings (SSSR count). The summed E-state index contributed by atoms with van der Waals surface area (Å²) in [7, 11) is 0. The van der Waals surface area contributed by atoms with Crippen LogP contribution in [0, 0.1) is 5.82 Å². The molecule has 0 spiro atoms. The van der Waals surface area contributed by atoms with Crippen molar-refractivity contribution in [3.05, 3.63) is 59.8 Å². The lowest BCUT2D eigenvalue weighted by Crippen LogP contribution is -2.35. The Morgan fingerprint density at radius 2 is 1.84 bits per heavy atom. The molecule has 1 amide bonds. The molecule has 0 saturated carbocycles. The van der Waals surface area contributed by atoms with E-state index < -0.39 is 0 Å². The first kappa shape index (κ1) is 22.4. The number of likely N-dealkylation sites (tertiary alicyclic amines) is 1. The van der Waals surface area contributed by atoms with E-state index in [2.05, 4.69) is 19.8 Å². The summed E-state index contributed by atoms with van der Waals surface area (Å²) in [6.45, 7) is 4.52. The van der Waals surface area contributed by atoms with E-state index >= 15 is 0 Å². The Bertz CT molecular complexity index is 1010. The van der Waals surface area contributed by atoms with Gasteiger partial charge in [-0.3, -0.25) is 4.79 Å². The van der Waals surface area contributed by atoms with Crippen LogP contribution in [0.4, 0.5) is 4.39 Å². The Morgan fingerprint density at radius 1 is 1.06 bits per heavy atom. The van der Waals surface area contributed by atoms with Crippen molar-refractivity contribution in [2.24, 2.45) is 0 Å². The van der Waals surface area contributed by atoms with Crippen LogP contribution in [-0.2, 0) is 17.8 Å². The number of amides is 1. The number of aryl methyl sites for hydroxylation is 1. The van der Waals surface area contributed by atoms with E-state index in [0.717, 1.165) is 48.6 Å². The summed E-state index contributed by atoms with van der Waals surface area (Å²) in [4.78, 5) is 24.0. The van der Waals surface area contributed by atoms with Crippen LogP contribution in [0.25, 0.3) is 11.2 Å². The maximum atomic E-state index is 13.3. The van der Waals surface area contributed by atoms with Crippen molar-refractivity contribution in [3.63, 3.8) is 0 Å². The number of hydrogen-bond acceptors (Lipinski definition) is 4. The molecule has 2 aromatic heterocycles. The summed E-state index contributed by atoms with van der Waals surface area (Å²) >= 11 is 0. The molecular weight excluding hydrogens is 405 g/mol. The van der Waals surface area contributed by atoms with Crippen LogP contribution in [0.2, 0.25) is 0 Å². The number of nitrogens with one attached hydrogen (secondary N) is 1. The SMILES string of the molecule is O=C(CCCc1nc2cccnc2n1Cc1ccc(F)cc1)NCCN1CCCCCC1. The van der Waals surface area contributed by atoms with E-state index in [4.69, 9.17) is 4.98 Å². The van der Waals surface area contributed by atoms with Gasteiger partial charge in [-0.2, -0.15) is 0 Å². The largest absolute Gasteiger partial charge is 0.355 e. The lowest BCUT2D eigenvalue weighted by atomic mass is 10.2. The number of halogens is 1. The second kappa shape index (κ2) is 11.2. The Hall–Kier alpha value is -2.80. The van der Waals surface area contributed by atoms with E-state index in [-0.39, 0.29) is 11.7 Å². The molecule has 1 aromatic carbocycles. The van der Waals surface area contributed by atoms with E-state index in [0.29, 0.717) is 25.9 Å². The first-order chi connectivity index (χ1) is 15.7. The zero-order chi connectivity index (χ0) is 22.2. The van der Waals surface area contributed by atoms with Crippen molar-refractivity contribution < 1.29 is 9.18 Å². The quantitative estimate of drug-likeness (QED) is 0.551. The first-order valence-corrected chi connectivity index (χ1v) is 11.7. The van der Waals surface area contributed by atoms with Gasteiger partial charge in [-0.15, -0.1) is 0 Å². The molecule has 1 fully saturated rings. The van der Waals surface area contributed by atoms with Gasteiger partial charge in [-0.25, -0.2) is 14.4 Å². The lowest BCUT2D eigenvalue weighted by Gasteiger charge is -2.19. The van der Waals surface area contributed by atoms with Crippen LogP contribution in [-0.4, -0.2) is 51.5 Å². The van der Waals surface area contributed by atoms with Gasteiger partial charge in [0, 0.05) is 32.1 Å². The highest BCUT2D eigenvalue weighted by atomic mass is 19.1. The maximum Gasteiger partial charge on any atom is 0.220 e. The Kier molecular flexibility index (Phi) is 7.82. The van der Waals surface area contributed by atoms with Gasteiger partial charge in [-0.05, 0) is 62.2 Å². The minimum Gasteiger partial charge on any atom is -0.355 e. The van der Waals surface area contributed by atoms with Gasteiger partial charge < -0.3 is 14.8 Å². The number of nitrogens with zero attached hydrogens (tertiary/aromatic N) is 4.